The molecule has 1 aromatic carbocycles. The van der Waals surface area contributed by atoms with Crippen molar-refractivity contribution in [1.29, 1.82) is 0 Å². The lowest BCUT2D eigenvalue weighted by Gasteiger charge is -1.99. The van der Waals surface area contributed by atoms with E-state index in [4.69, 9.17) is 11.6 Å². The lowest BCUT2D eigenvalue weighted by molar-refractivity contribution is 0.573. The summed E-state index contributed by atoms with van der Waals surface area (Å²) >= 11 is 5.94. The average molecular weight is 272 g/mol. The minimum atomic E-state index is 0.536. The summed E-state index contributed by atoms with van der Waals surface area (Å²) in [5, 5.41) is 13.1. The molecule has 3 rings (SSSR count). The molecule has 2 aromatic heterocycles. The molecule has 0 amide bonds. The summed E-state index contributed by atoms with van der Waals surface area (Å²) in [5.41, 5.74) is 1.88. The van der Waals surface area contributed by atoms with Gasteiger partial charge in [0.05, 0.1) is 6.54 Å². The van der Waals surface area contributed by atoms with Crippen LogP contribution in [0.25, 0.3) is 11.4 Å². The van der Waals surface area contributed by atoms with Crippen LogP contribution in [0.3, 0.4) is 0 Å². The smallest absolute Gasteiger partial charge is 0.206 e. The van der Waals surface area contributed by atoms with Crippen molar-refractivity contribution in [3.63, 3.8) is 0 Å². The standard InChI is InChI=1S/C13H10ClN5/c14-12-5-1-3-10(7-12)9-19-17-13(16-18-19)11-4-2-6-15-8-11/h1-8H,9H2. The minimum Gasteiger partial charge on any atom is -0.264 e. The fourth-order valence-electron chi connectivity index (χ4n) is 1.72. The predicted octanol–water partition coefficient (Wildman–Crippen LogP) is 2.44. The van der Waals surface area contributed by atoms with E-state index in [1.54, 1.807) is 12.4 Å². The maximum absolute atomic E-state index is 5.94. The third-order valence-electron chi connectivity index (χ3n) is 2.59. The Hall–Kier alpha value is -2.27. The third kappa shape index (κ3) is 2.77. The second-order valence-electron chi connectivity index (χ2n) is 4.02. The van der Waals surface area contributed by atoms with Crippen LogP contribution < -0.4 is 0 Å². The van der Waals surface area contributed by atoms with Gasteiger partial charge in [-0.1, -0.05) is 23.7 Å². The molecule has 0 saturated heterocycles. The molecule has 0 spiro atoms. The molecule has 0 aliphatic heterocycles. The van der Waals surface area contributed by atoms with Crippen LogP contribution in [0.5, 0.6) is 0 Å². The van der Waals surface area contributed by atoms with E-state index in [9.17, 15) is 0 Å². The lowest BCUT2D eigenvalue weighted by atomic mass is 10.2. The molecule has 0 saturated carbocycles. The Bertz CT molecular complexity index is 680. The summed E-state index contributed by atoms with van der Waals surface area (Å²) in [6.07, 6.45) is 3.42. The van der Waals surface area contributed by atoms with Gasteiger partial charge in [-0.3, -0.25) is 4.98 Å². The Balaban J connectivity index is 1.82. The van der Waals surface area contributed by atoms with Crippen molar-refractivity contribution in [2.45, 2.75) is 6.54 Å². The zero-order valence-electron chi connectivity index (χ0n) is 9.94. The number of nitrogens with zero attached hydrogens (tertiary/aromatic N) is 5. The number of benzene rings is 1. The van der Waals surface area contributed by atoms with E-state index in [1.165, 1.54) is 4.80 Å². The van der Waals surface area contributed by atoms with E-state index in [-0.39, 0.29) is 0 Å². The van der Waals surface area contributed by atoms with Crippen molar-refractivity contribution < 1.29 is 0 Å². The Morgan fingerprint density at radius 1 is 1.16 bits per heavy atom. The summed E-state index contributed by atoms with van der Waals surface area (Å²) in [6, 6.07) is 11.3. The molecule has 19 heavy (non-hydrogen) atoms. The van der Waals surface area contributed by atoms with Crippen molar-refractivity contribution in [1.82, 2.24) is 25.2 Å². The summed E-state index contributed by atoms with van der Waals surface area (Å²) in [4.78, 5) is 5.57. The molecule has 3 aromatic rings. The number of tetrazole rings is 1. The first-order chi connectivity index (χ1) is 9.31. The van der Waals surface area contributed by atoms with Crippen LogP contribution in [-0.4, -0.2) is 25.2 Å². The second-order valence-corrected chi connectivity index (χ2v) is 4.45. The number of aromatic nitrogens is 5. The van der Waals surface area contributed by atoms with Crippen LogP contribution in [0.2, 0.25) is 5.02 Å². The van der Waals surface area contributed by atoms with Gasteiger partial charge in [-0.25, -0.2) is 0 Å². The molecule has 0 aliphatic carbocycles. The largest absolute Gasteiger partial charge is 0.264 e. The van der Waals surface area contributed by atoms with Gasteiger partial charge in [0.25, 0.3) is 0 Å². The number of rotatable bonds is 3. The summed E-state index contributed by atoms with van der Waals surface area (Å²) in [5.74, 6) is 0.565. The molecule has 0 fully saturated rings. The number of halogens is 1. The highest BCUT2D eigenvalue weighted by atomic mass is 35.5. The molecule has 5 nitrogen and oxygen atoms in total. The third-order valence-corrected chi connectivity index (χ3v) is 2.82. The van der Waals surface area contributed by atoms with Crippen molar-refractivity contribution in [2.24, 2.45) is 0 Å². The minimum absolute atomic E-state index is 0.536. The Kier molecular flexibility index (Phi) is 3.20. The predicted molar refractivity (Wildman–Crippen MR) is 71.6 cm³/mol. The van der Waals surface area contributed by atoms with Crippen LogP contribution in [-0.2, 0) is 6.54 Å². The van der Waals surface area contributed by atoms with Crippen LogP contribution in [0.15, 0.2) is 48.8 Å². The molecule has 2 heterocycles. The lowest BCUT2D eigenvalue weighted by Crippen LogP contribution is -2.03. The maximum Gasteiger partial charge on any atom is 0.206 e. The van der Waals surface area contributed by atoms with Gasteiger partial charge in [0, 0.05) is 23.0 Å². The fraction of sp³-hybridized carbons (Fsp3) is 0.0769. The molecule has 0 N–H and O–H groups in total. The first kappa shape index (κ1) is 11.8. The van der Waals surface area contributed by atoms with Gasteiger partial charge >= 0.3 is 0 Å². The molecule has 0 radical (unpaired) electrons. The molecule has 0 aliphatic rings. The van der Waals surface area contributed by atoms with E-state index in [0.717, 1.165) is 11.1 Å². The maximum atomic E-state index is 5.94. The monoisotopic (exact) mass is 271 g/mol. The topological polar surface area (TPSA) is 56.5 Å². The zero-order valence-corrected chi connectivity index (χ0v) is 10.7. The number of hydrogen-bond donors (Lipinski definition) is 0. The van der Waals surface area contributed by atoms with Gasteiger partial charge in [-0.2, -0.15) is 4.80 Å². The van der Waals surface area contributed by atoms with Crippen LogP contribution in [0, 0.1) is 0 Å². The van der Waals surface area contributed by atoms with Gasteiger partial charge in [0.1, 0.15) is 0 Å². The van der Waals surface area contributed by atoms with Gasteiger partial charge in [0.15, 0.2) is 0 Å². The molecular formula is C13H10ClN5. The van der Waals surface area contributed by atoms with Crippen LogP contribution in [0.1, 0.15) is 5.56 Å². The Labute approximate surface area is 114 Å². The molecule has 6 heteroatoms. The molecule has 94 valence electrons. The van der Waals surface area contributed by atoms with Crippen molar-refractivity contribution in [2.75, 3.05) is 0 Å². The first-order valence-corrected chi connectivity index (χ1v) is 6.12. The molecular weight excluding hydrogens is 262 g/mol. The highest BCUT2D eigenvalue weighted by molar-refractivity contribution is 6.30. The summed E-state index contributed by atoms with van der Waals surface area (Å²) < 4.78 is 0. The van der Waals surface area contributed by atoms with E-state index in [2.05, 4.69) is 20.4 Å². The van der Waals surface area contributed by atoms with Gasteiger partial charge in [-0.15, -0.1) is 10.2 Å². The Morgan fingerprint density at radius 2 is 2.11 bits per heavy atom. The highest BCUT2D eigenvalue weighted by Crippen LogP contribution is 2.13. The van der Waals surface area contributed by atoms with Gasteiger partial charge < -0.3 is 0 Å². The van der Waals surface area contributed by atoms with Crippen molar-refractivity contribution in [3.8, 4) is 11.4 Å². The molecule has 0 bridgehead atoms. The zero-order chi connectivity index (χ0) is 13.1. The van der Waals surface area contributed by atoms with E-state index >= 15 is 0 Å². The quantitative estimate of drug-likeness (QED) is 0.734. The first-order valence-electron chi connectivity index (χ1n) is 5.74. The molecule has 0 unspecified atom stereocenters. The number of pyridine rings is 1. The van der Waals surface area contributed by atoms with Crippen molar-refractivity contribution in [3.05, 3.63) is 59.4 Å². The average Bonchev–Trinajstić information content (AvgIpc) is 2.88. The van der Waals surface area contributed by atoms with E-state index in [1.807, 2.05) is 36.4 Å². The fourth-order valence-corrected chi connectivity index (χ4v) is 1.93. The summed E-state index contributed by atoms with van der Waals surface area (Å²) in [6.45, 7) is 0.536. The van der Waals surface area contributed by atoms with E-state index < -0.39 is 0 Å². The van der Waals surface area contributed by atoms with Crippen LogP contribution in [0.4, 0.5) is 0 Å². The molecule has 0 atom stereocenters. The second kappa shape index (κ2) is 5.16. The highest BCUT2D eigenvalue weighted by Gasteiger charge is 2.06. The van der Waals surface area contributed by atoms with Gasteiger partial charge in [0.2, 0.25) is 5.82 Å². The van der Waals surface area contributed by atoms with E-state index in [0.29, 0.717) is 17.4 Å². The normalized spacial score (nSPS) is 10.6. The van der Waals surface area contributed by atoms with Crippen LogP contribution >= 0.6 is 11.6 Å². The number of hydrogen-bond acceptors (Lipinski definition) is 4. The summed E-state index contributed by atoms with van der Waals surface area (Å²) in [7, 11) is 0. The van der Waals surface area contributed by atoms with Crippen molar-refractivity contribution >= 4 is 11.6 Å². The SMILES string of the molecule is Clc1cccc(Cn2nnc(-c3cccnc3)n2)c1. The van der Waals surface area contributed by atoms with Gasteiger partial charge in [-0.05, 0) is 35.0 Å². The Morgan fingerprint density at radius 3 is 2.89 bits per heavy atom.